The Morgan fingerprint density at radius 3 is 2.06 bits per heavy atom. The van der Waals surface area contributed by atoms with E-state index >= 15 is 0 Å². The highest BCUT2D eigenvalue weighted by Crippen LogP contribution is 2.38. The SMILES string of the molecule is CC(NC(c1ccc(F)cc1)c1c(O)ccc2ccccc12)c1cccc2ccccc12. The highest BCUT2D eigenvalue weighted by molar-refractivity contribution is 5.89. The van der Waals surface area contributed by atoms with Crippen LogP contribution in [0.3, 0.4) is 0 Å². The average molecular weight is 422 g/mol. The van der Waals surface area contributed by atoms with Gasteiger partial charge in [0.1, 0.15) is 11.6 Å². The summed E-state index contributed by atoms with van der Waals surface area (Å²) in [5, 5.41) is 19.1. The number of phenolic OH excluding ortho intramolecular Hbond substituents is 1. The van der Waals surface area contributed by atoms with Gasteiger partial charge in [-0.1, -0.05) is 84.9 Å². The summed E-state index contributed by atoms with van der Waals surface area (Å²) >= 11 is 0. The number of hydrogen-bond donors (Lipinski definition) is 2. The summed E-state index contributed by atoms with van der Waals surface area (Å²) in [6, 6.07) is 32.5. The van der Waals surface area contributed by atoms with Gasteiger partial charge in [0, 0.05) is 11.6 Å². The van der Waals surface area contributed by atoms with Crippen molar-refractivity contribution in [1.29, 1.82) is 0 Å². The van der Waals surface area contributed by atoms with Gasteiger partial charge < -0.3 is 5.11 Å². The first-order valence-electron chi connectivity index (χ1n) is 10.8. The summed E-state index contributed by atoms with van der Waals surface area (Å²) < 4.78 is 13.7. The zero-order valence-corrected chi connectivity index (χ0v) is 17.8. The second-order valence-corrected chi connectivity index (χ2v) is 8.16. The van der Waals surface area contributed by atoms with Crippen molar-refractivity contribution >= 4 is 21.5 Å². The fraction of sp³-hybridized carbons (Fsp3) is 0.103. The molecule has 5 aromatic carbocycles. The van der Waals surface area contributed by atoms with Gasteiger partial charge in [0.05, 0.1) is 6.04 Å². The zero-order valence-electron chi connectivity index (χ0n) is 17.8. The van der Waals surface area contributed by atoms with Crippen LogP contribution in [-0.4, -0.2) is 5.11 Å². The van der Waals surface area contributed by atoms with Crippen LogP contribution in [0.4, 0.5) is 4.39 Å². The molecular weight excluding hydrogens is 397 g/mol. The number of hydrogen-bond acceptors (Lipinski definition) is 2. The van der Waals surface area contributed by atoms with Gasteiger partial charge in [0.15, 0.2) is 0 Å². The molecule has 5 aromatic rings. The van der Waals surface area contributed by atoms with Crippen LogP contribution in [0.1, 0.15) is 35.7 Å². The molecule has 0 aliphatic heterocycles. The summed E-state index contributed by atoms with van der Waals surface area (Å²) in [4.78, 5) is 0. The lowest BCUT2D eigenvalue weighted by Crippen LogP contribution is -2.26. The van der Waals surface area contributed by atoms with Gasteiger partial charge in [-0.25, -0.2) is 4.39 Å². The molecule has 0 radical (unpaired) electrons. The number of rotatable bonds is 5. The molecule has 0 spiro atoms. The third kappa shape index (κ3) is 3.72. The summed E-state index contributed by atoms with van der Waals surface area (Å²) in [7, 11) is 0. The molecule has 0 saturated heterocycles. The van der Waals surface area contributed by atoms with E-state index in [-0.39, 0.29) is 23.7 Å². The molecule has 0 aromatic heterocycles. The third-order valence-electron chi connectivity index (χ3n) is 6.15. The molecule has 2 unspecified atom stereocenters. The lowest BCUT2D eigenvalue weighted by atomic mass is 9.91. The number of fused-ring (bicyclic) bond motifs is 2. The highest BCUT2D eigenvalue weighted by Gasteiger charge is 2.23. The molecule has 0 bridgehead atoms. The van der Waals surface area contributed by atoms with Crippen molar-refractivity contribution in [3.63, 3.8) is 0 Å². The summed E-state index contributed by atoms with van der Waals surface area (Å²) in [5.74, 6) is -0.0626. The van der Waals surface area contributed by atoms with Crippen LogP contribution >= 0.6 is 0 Å². The standard InChI is InChI=1S/C29H24FNO/c1-19(24-12-6-9-20-7-2-4-10-25(20)24)31-29(22-13-16-23(30)17-14-22)28-26-11-5-3-8-21(26)15-18-27(28)32/h2-19,29,31-32H,1H3. The molecule has 2 nitrogen and oxygen atoms in total. The second kappa shape index (κ2) is 8.45. The molecule has 2 atom stereocenters. The lowest BCUT2D eigenvalue weighted by Gasteiger charge is -2.27. The Morgan fingerprint density at radius 1 is 0.688 bits per heavy atom. The minimum Gasteiger partial charge on any atom is -0.508 e. The molecule has 0 fully saturated rings. The van der Waals surface area contributed by atoms with Crippen molar-refractivity contribution in [2.45, 2.75) is 19.0 Å². The molecule has 0 heterocycles. The van der Waals surface area contributed by atoms with E-state index in [1.165, 1.54) is 28.5 Å². The average Bonchev–Trinajstić information content (AvgIpc) is 2.83. The van der Waals surface area contributed by atoms with Crippen molar-refractivity contribution in [3.8, 4) is 5.75 Å². The van der Waals surface area contributed by atoms with Crippen LogP contribution in [0.15, 0.2) is 103 Å². The van der Waals surface area contributed by atoms with Crippen LogP contribution in [0.2, 0.25) is 0 Å². The predicted molar refractivity (Wildman–Crippen MR) is 129 cm³/mol. The van der Waals surface area contributed by atoms with E-state index in [0.29, 0.717) is 0 Å². The van der Waals surface area contributed by atoms with E-state index in [0.717, 1.165) is 21.9 Å². The fourth-order valence-electron chi connectivity index (χ4n) is 4.56. The summed E-state index contributed by atoms with van der Waals surface area (Å²) in [6.45, 7) is 2.13. The normalized spacial score (nSPS) is 13.3. The first-order chi connectivity index (χ1) is 15.6. The van der Waals surface area contributed by atoms with Crippen molar-refractivity contribution in [2.75, 3.05) is 0 Å². The van der Waals surface area contributed by atoms with Gasteiger partial charge in [-0.3, -0.25) is 5.32 Å². The lowest BCUT2D eigenvalue weighted by molar-refractivity contribution is 0.449. The Labute approximate surface area is 187 Å². The molecule has 3 heteroatoms. The van der Waals surface area contributed by atoms with E-state index in [1.54, 1.807) is 18.2 Å². The number of nitrogens with one attached hydrogen (secondary N) is 1. The van der Waals surface area contributed by atoms with E-state index in [2.05, 4.69) is 42.6 Å². The quantitative estimate of drug-likeness (QED) is 0.313. The molecule has 0 aliphatic rings. The molecule has 0 aliphatic carbocycles. The number of halogens is 1. The monoisotopic (exact) mass is 421 g/mol. The van der Waals surface area contributed by atoms with Crippen molar-refractivity contribution in [2.24, 2.45) is 0 Å². The minimum atomic E-state index is -0.323. The van der Waals surface area contributed by atoms with Crippen LogP contribution in [0, 0.1) is 5.82 Å². The molecule has 5 rings (SSSR count). The first-order valence-corrected chi connectivity index (χ1v) is 10.8. The number of benzene rings is 5. The molecule has 32 heavy (non-hydrogen) atoms. The van der Waals surface area contributed by atoms with Crippen molar-refractivity contribution in [3.05, 3.63) is 126 Å². The van der Waals surface area contributed by atoms with Crippen LogP contribution in [0.5, 0.6) is 5.75 Å². The maximum absolute atomic E-state index is 13.7. The Bertz CT molecular complexity index is 1390. The number of phenols is 1. The smallest absolute Gasteiger partial charge is 0.123 e. The van der Waals surface area contributed by atoms with Gasteiger partial charge in [-0.15, -0.1) is 0 Å². The van der Waals surface area contributed by atoms with Gasteiger partial charge in [-0.05, 0) is 57.8 Å². The second-order valence-electron chi connectivity index (χ2n) is 8.16. The predicted octanol–water partition coefficient (Wildman–Crippen LogP) is 7.28. The summed E-state index contributed by atoms with van der Waals surface area (Å²) in [5.41, 5.74) is 2.86. The minimum absolute atomic E-state index is 0.0190. The molecule has 158 valence electrons. The highest BCUT2D eigenvalue weighted by atomic mass is 19.1. The van der Waals surface area contributed by atoms with E-state index in [9.17, 15) is 9.50 Å². The Kier molecular flexibility index (Phi) is 5.34. The maximum atomic E-state index is 13.7. The molecule has 0 saturated carbocycles. The zero-order chi connectivity index (χ0) is 22.1. The van der Waals surface area contributed by atoms with Crippen LogP contribution in [0.25, 0.3) is 21.5 Å². The molecule has 2 N–H and O–H groups in total. The Balaban J connectivity index is 1.65. The van der Waals surface area contributed by atoms with E-state index in [1.807, 2.05) is 42.5 Å². The van der Waals surface area contributed by atoms with E-state index in [4.69, 9.17) is 0 Å². The maximum Gasteiger partial charge on any atom is 0.123 e. The Morgan fingerprint density at radius 2 is 1.31 bits per heavy atom. The molecular formula is C29H24FNO. The topological polar surface area (TPSA) is 32.3 Å². The largest absolute Gasteiger partial charge is 0.508 e. The van der Waals surface area contributed by atoms with Crippen LogP contribution in [-0.2, 0) is 0 Å². The van der Waals surface area contributed by atoms with Gasteiger partial charge >= 0.3 is 0 Å². The third-order valence-corrected chi connectivity index (χ3v) is 6.15. The van der Waals surface area contributed by atoms with E-state index < -0.39 is 0 Å². The number of aromatic hydroxyl groups is 1. The van der Waals surface area contributed by atoms with Crippen molar-refractivity contribution in [1.82, 2.24) is 5.32 Å². The van der Waals surface area contributed by atoms with Gasteiger partial charge in [0.2, 0.25) is 0 Å². The summed E-state index contributed by atoms with van der Waals surface area (Å²) in [6.07, 6.45) is 0. The molecule has 0 amide bonds. The Hall–Kier alpha value is -3.69. The fourth-order valence-corrected chi connectivity index (χ4v) is 4.56. The van der Waals surface area contributed by atoms with Gasteiger partial charge in [0.25, 0.3) is 0 Å². The first kappa shape index (κ1) is 20.2. The van der Waals surface area contributed by atoms with Gasteiger partial charge in [-0.2, -0.15) is 0 Å². The van der Waals surface area contributed by atoms with Crippen LogP contribution < -0.4 is 5.32 Å². The van der Waals surface area contributed by atoms with Crippen molar-refractivity contribution < 1.29 is 9.50 Å².